The summed E-state index contributed by atoms with van der Waals surface area (Å²) in [5, 5.41) is 3.14. The first-order chi connectivity index (χ1) is 14.2. The van der Waals surface area contributed by atoms with E-state index in [9.17, 15) is 4.79 Å². The zero-order chi connectivity index (χ0) is 19.8. The van der Waals surface area contributed by atoms with Crippen molar-refractivity contribution < 1.29 is 4.79 Å². The van der Waals surface area contributed by atoms with Crippen LogP contribution in [0.25, 0.3) is 21.8 Å². The van der Waals surface area contributed by atoms with Crippen LogP contribution in [0.1, 0.15) is 21.5 Å². The highest BCUT2D eigenvalue weighted by Crippen LogP contribution is 2.33. The Kier molecular flexibility index (Phi) is 4.37. The van der Waals surface area contributed by atoms with Gasteiger partial charge < -0.3 is 10.6 Å². The lowest BCUT2D eigenvalue weighted by Gasteiger charge is -2.18. The summed E-state index contributed by atoms with van der Waals surface area (Å²) in [6.45, 7) is 1.59. The average Bonchev–Trinajstić information content (AvgIpc) is 3.41. The minimum Gasteiger partial charge on any atom is -0.366 e. The van der Waals surface area contributed by atoms with Crippen molar-refractivity contribution in [2.45, 2.75) is 13.1 Å². The van der Waals surface area contributed by atoms with Gasteiger partial charge in [0.1, 0.15) is 5.01 Å². The first-order valence-corrected chi connectivity index (χ1v) is 10.3. The maximum Gasteiger partial charge on any atom is 0.248 e. The van der Waals surface area contributed by atoms with Gasteiger partial charge in [-0.05, 0) is 35.4 Å². The van der Waals surface area contributed by atoms with Gasteiger partial charge in [-0.2, -0.15) is 0 Å². The van der Waals surface area contributed by atoms with Gasteiger partial charge >= 0.3 is 0 Å². The minimum absolute atomic E-state index is 0.383. The molecule has 0 fully saturated rings. The fraction of sp³-hybridized carbons (Fsp3) is 0.0833. The van der Waals surface area contributed by atoms with Gasteiger partial charge in [0.05, 0.1) is 5.69 Å². The Morgan fingerprint density at radius 3 is 2.52 bits per heavy atom. The molecule has 5 rings (SSSR count). The summed E-state index contributed by atoms with van der Waals surface area (Å²) < 4.78 is 0. The Morgan fingerprint density at radius 1 is 0.897 bits per heavy atom. The summed E-state index contributed by atoms with van der Waals surface area (Å²) in [6.07, 6.45) is 0. The first-order valence-electron chi connectivity index (χ1n) is 9.45. The molecule has 4 aromatic rings. The molecule has 3 aromatic carbocycles. The number of benzene rings is 3. The first kappa shape index (κ1) is 17.6. The second kappa shape index (κ2) is 7.18. The van der Waals surface area contributed by atoms with Crippen LogP contribution in [0.2, 0.25) is 0 Å². The van der Waals surface area contributed by atoms with Gasteiger partial charge in [-0.15, -0.1) is 11.3 Å². The number of aromatic nitrogens is 1. The van der Waals surface area contributed by atoms with Crippen LogP contribution in [0.15, 0.2) is 78.2 Å². The number of carbonyl (C=O) groups excluding carboxylic acids is 1. The Balaban J connectivity index is 1.41. The van der Waals surface area contributed by atoms with Crippen molar-refractivity contribution in [1.29, 1.82) is 0 Å². The van der Waals surface area contributed by atoms with Crippen molar-refractivity contribution in [2.75, 3.05) is 4.90 Å². The third-order valence-corrected chi connectivity index (χ3v) is 6.14. The molecular weight excluding hydrogens is 378 g/mol. The van der Waals surface area contributed by atoms with Crippen LogP contribution >= 0.6 is 11.3 Å². The van der Waals surface area contributed by atoms with Gasteiger partial charge in [0, 0.05) is 40.8 Å². The molecule has 29 heavy (non-hydrogen) atoms. The Hall–Kier alpha value is -3.44. The van der Waals surface area contributed by atoms with Gasteiger partial charge in [-0.1, -0.05) is 48.5 Å². The highest BCUT2D eigenvalue weighted by molar-refractivity contribution is 7.13. The van der Waals surface area contributed by atoms with Crippen LogP contribution < -0.4 is 10.6 Å². The molecule has 2 N–H and O–H groups in total. The Labute approximate surface area is 173 Å². The van der Waals surface area contributed by atoms with Crippen molar-refractivity contribution in [1.82, 2.24) is 4.98 Å². The van der Waals surface area contributed by atoms with E-state index >= 15 is 0 Å². The topological polar surface area (TPSA) is 59.2 Å². The number of hydrogen-bond acceptors (Lipinski definition) is 4. The highest BCUT2D eigenvalue weighted by atomic mass is 32.1. The van der Waals surface area contributed by atoms with E-state index in [4.69, 9.17) is 10.7 Å². The van der Waals surface area contributed by atoms with Gasteiger partial charge in [0.15, 0.2) is 0 Å². The number of anilines is 1. The molecule has 0 aliphatic carbocycles. The van der Waals surface area contributed by atoms with Crippen LogP contribution in [0.3, 0.4) is 0 Å². The SMILES string of the molecule is NC(=O)c1ccc2c(c1)CN(c1cccc(-c3csc(-c4ccccc4)n3)c1)C2. The van der Waals surface area contributed by atoms with E-state index in [0.29, 0.717) is 5.56 Å². The molecule has 0 unspecified atom stereocenters. The molecule has 5 heteroatoms. The van der Waals surface area contributed by atoms with Gasteiger partial charge in [-0.3, -0.25) is 4.79 Å². The maximum absolute atomic E-state index is 11.5. The average molecular weight is 398 g/mol. The number of thiazole rings is 1. The number of nitrogens with two attached hydrogens (primary N) is 1. The van der Waals surface area contributed by atoms with Crippen LogP contribution in [-0.4, -0.2) is 10.9 Å². The zero-order valence-electron chi connectivity index (χ0n) is 15.7. The molecule has 0 radical (unpaired) electrons. The lowest BCUT2D eigenvalue weighted by atomic mass is 10.1. The fourth-order valence-corrected chi connectivity index (χ4v) is 4.55. The molecule has 0 saturated carbocycles. The molecule has 0 bridgehead atoms. The second-order valence-electron chi connectivity index (χ2n) is 7.16. The molecule has 4 nitrogen and oxygen atoms in total. The van der Waals surface area contributed by atoms with E-state index < -0.39 is 0 Å². The summed E-state index contributed by atoms with van der Waals surface area (Å²) >= 11 is 1.66. The number of fused-ring (bicyclic) bond motifs is 1. The maximum atomic E-state index is 11.5. The minimum atomic E-state index is -0.383. The standard InChI is InChI=1S/C24H19N3OS/c25-23(28)18-9-10-19-13-27(14-20(19)11-18)21-8-4-7-17(12-21)22-15-29-24(26-22)16-5-2-1-3-6-16/h1-12,15H,13-14H2,(H2,25,28). The second-order valence-corrected chi connectivity index (χ2v) is 8.02. The van der Waals surface area contributed by atoms with Crippen LogP contribution in [0.5, 0.6) is 0 Å². The van der Waals surface area contributed by atoms with Gasteiger partial charge in [0.25, 0.3) is 0 Å². The molecule has 0 spiro atoms. The number of hydrogen-bond donors (Lipinski definition) is 1. The monoisotopic (exact) mass is 397 g/mol. The van der Waals surface area contributed by atoms with E-state index in [1.807, 2.05) is 36.4 Å². The summed E-state index contributed by atoms with van der Waals surface area (Å²) in [7, 11) is 0. The predicted octanol–water partition coefficient (Wildman–Crippen LogP) is 5.10. The summed E-state index contributed by atoms with van der Waals surface area (Å²) in [6, 6.07) is 24.5. The van der Waals surface area contributed by atoms with Crippen molar-refractivity contribution in [3.63, 3.8) is 0 Å². The molecule has 0 saturated heterocycles. The fourth-order valence-electron chi connectivity index (χ4n) is 3.71. The summed E-state index contributed by atoms with van der Waals surface area (Å²) in [5.74, 6) is -0.383. The Morgan fingerprint density at radius 2 is 1.69 bits per heavy atom. The summed E-state index contributed by atoms with van der Waals surface area (Å²) in [5.41, 5.74) is 12.8. The molecule has 1 amide bonds. The number of carbonyl (C=O) groups is 1. The number of nitrogens with zero attached hydrogens (tertiary/aromatic N) is 2. The van der Waals surface area contributed by atoms with E-state index in [2.05, 4.69) is 46.7 Å². The third kappa shape index (κ3) is 3.41. The van der Waals surface area contributed by atoms with Crippen molar-refractivity contribution >= 4 is 22.9 Å². The van der Waals surface area contributed by atoms with Gasteiger partial charge in [0.2, 0.25) is 5.91 Å². The Bertz CT molecular complexity index is 1200. The van der Waals surface area contributed by atoms with E-state index in [1.54, 1.807) is 11.3 Å². The smallest absolute Gasteiger partial charge is 0.248 e. The van der Waals surface area contributed by atoms with Crippen molar-refractivity contribution in [3.8, 4) is 21.8 Å². The van der Waals surface area contributed by atoms with E-state index in [-0.39, 0.29) is 5.91 Å². The van der Waals surface area contributed by atoms with Crippen LogP contribution in [0, 0.1) is 0 Å². The molecule has 142 valence electrons. The molecular formula is C24H19N3OS. The van der Waals surface area contributed by atoms with E-state index in [0.717, 1.165) is 46.2 Å². The van der Waals surface area contributed by atoms with E-state index in [1.165, 1.54) is 5.56 Å². The number of rotatable bonds is 4. The third-order valence-electron chi connectivity index (χ3n) is 5.25. The molecule has 2 heterocycles. The molecule has 1 aromatic heterocycles. The number of amides is 1. The largest absolute Gasteiger partial charge is 0.366 e. The lowest BCUT2D eigenvalue weighted by molar-refractivity contribution is 0.1000. The predicted molar refractivity (Wildman–Crippen MR) is 118 cm³/mol. The molecule has 1 aliphatic heterocycles. The zero-order valence-corrected chi connectivity index (χ0v) is 16.5. The quantitative estimate of drug-likeness (QED) is 0.521. The highest BCUT2D eigenvalue weighted by Gasteiger charge is 2.21. The normalized spacial score (nSPS) is 12.8. The van der Waals surface area contributed by atoms with Crippen LogP contribution in [0.4, 0.5) is 5.69 Å². The molecule has 0 atom stereocenters. The van der Waals surface area contributed by atoms with Crippen LogP contribution in [-0.2, 0) is 13.1 Å². The van der Waals surface area contributed by atoms with Gasteiger partial charge in [-0.25, -0.2) is 4.98 Å². The molecule has 1 aliphatic rings. The summed E-state index contributed by atoms with van der Waals surface area (Å²) in [4.78, 5) is 18.6. The van der Waals surface area contributed by atoms with Crippen molar-refractivity contribution in [2.24, 2.45) is 5.73 Å². The van der Waals surface area contributed by atoms with Crippen molar-refractivity contribution in [3.05, 3.63) is 94.9 Å². The lowest BCUT2D eigenvalue weighted by Crippen LogP contribution is -2.14. The number of primary amides is 1.